The van der Waals surface area contributed by atoms with E-state index < -0.39 is 0 Å². The van der Waals surface area contributed by atoms with Crippen LogP contribution in [-0.2, 0) is 6.42 Å². The van der Waals surface area contributed by atoms with Crippen LogP contribution < -0.4 is 10.5 Å². The predicted octanol–water partition coefficient (Wildman–Crippen LogP) is 1.85. The molecule has 4 heteroatoms. The number of aliphatic hydroxyl groups excluding tert-OH is 1. The van der Waals surface area contributed by atoms with Crippen LogP contribution in [0.3, 0.4) is 0 Å². The van der Waals surface area contributed by atoms with Crippen LogP contribution in [0.1, 0.15) is 12.5 Å². The van der Waals surface area contributed by atoms with Gasteiger partial charge in [-0.05, 0) is 30.2 Å². The van der Waals surface area contributed by atoms with Gasteiger partial charge in [0.1, 0.15) is 5.75 Å². The van der Waals surface area contributed by atoms with Gasteiger partial charge >= 0.3 is 0 Å². The van der Waals surface area contributed by atoms with Gasteiger partial charge in [-0.15, -0.1) is 0 Å². The third-order valence-corrected chi connectivity index (χ3v) is 2.97. The number of benzene rings is 1. The molecule has 1 aromatic rings. The number of nitrogens with two attached hydrogens (primary N) is 1. The van der Waals surface area contributed by atoms with Gasteiger partial charge in [-0.2, -0.15) is 0 Å². The molecule has 0 aliphatic rings. The van der Waals surface area contributed by atoms with Gasteiger partial charge in [-0.3, -0.25) is 0 Å². The molecule has 0 aliphatic heterocycles. The number of rotatable bonds is 5. The van der Waals surface area contributed by atoms with Gasteiger partial charge in [0.25, 0.3) is 0 Å². The van der Waals surface area contributed by atoms with E-state index >= 15 is 0 Å². The van der Waals surface area contributed by atoms with Crippen molar-refractivity contribution in [3.8, 4) is 5.75 Å². The van der Waals surface area contributed by atoms with Crippen molar-refractivity contribution in [1.82, 2.24) is 0 Å². The number of aliphatic hydroxyl groups is 1. The van der Waals surface area contributed by atoms with Crippen molar-refractivity contribution in [1.29, 1.82) is 0 Å². The van der Waals surface area contributed by atoms with E-state index in [0.717, 1.165) is 11.3 Å². The van der Waals surface area contributed by atoms with Gasteiger partial charge < -0.3 is 15.6 Å². The van der Waals surface area contributed by atoms with Crippen LogP contribution in [0.15, 0.2) is 18.2 Å². The molecule has 0 aromatic heterocycles. The molecular formula is C12H18ClNO2. The summed E-state index contributed by atoms with van der Waals surface area (Å²) in [6.07, 6.45) is 0.643. The van der Waals surface area contributed by atoms with E-state index in [2.05, 4.69) is 0 Å². The Kier molecular flexibility index (Phi) is 4.59. The van der Waals surface area contributed by atoms with Crippen LogP contribution in [0.25, 0.3) is 0 Å². The molecule has 0 radical (unpaired) electrons. The largest absolute Gasteiger partial charge is 0.496 e. The lowest BCUT2D eigenvalue weighted by atomic mass is 9.84. The van der Waals surface area contributed by atoms with Crippen LogP contribution in [-0.4, -0.2) is 25.4 Å². The third kappa shape index (κ3) is 3.11. The molecule has 0 saturated carbocycles. The zero-order valence-electron chi connectivity index (χ0n) is 9.66. The molecule has 0 amide bonds. The molecule has 1 aromatic carbocycles. The summed E-state index contributed by atoms with van der Waals surface area (Å²) in [5.74, 6) is 0.775. The van der Waals surface area contributed by atoms with Gasteiger partial charge in [0, 0.05) is 23.6 Å². The highest BCUT2D eigenvalue weighted by Crippen LogP contribution is 2.29. The van der Waals surface area contributed by atoms with E-state index in [1.807, 2.05) is 19.1 Å². The topological polar surface area (TPSA) is 55.5 Å². The van der Waals surface area contributed by atoms with Gasteiger partial charge in [-0.25, -0.2) is 0 Å². The smallest absolute Gasteiger partial charge is 0.122 e. The Hall–Kier alpha value is -0.770. The normalized spacial score (nSPS) is 14.6. The van der Waals surface area contributed by atoms with E-state index in [-0.39, 0.29) is 12.0 Å². The van der Waals surface area contributed by atoms with Crippen molar-refractivity contribution < 1.29 is 9.84 Å². The van der Waals surface area contributed by atoms with E-state index in [4.69, 9.17) is 22.1 Å². The Bertz CT molecular complexity index is 351. The lowest BCUT2D eigenvalue weighted by Crippen LogP contribution is -2.33. The minimum atomic E-state index is -0.335. The highest BCUT2D eigenvalue weighted by Gasteiger charge is 2.23. The number of methoxy groups -OCH3 is 1. The second-order valence-corrected chi connectivity index (χ2v) is 4.74. The summed E-state index contributed by atoms with van der Waals surface area (Å²) in [5.41, 5.74) is 6.30. The third-order valence-electron chi connectivity index (χ3n) is 2.73. The quantitative estimate of drug-likeness (QED) is 0.830. The maximum atomic E-state index is 9.33. The minimum absolute atomic E-state index is 0.0408. The Morgan fingerprint density at radius 2 is 2.19 bits per heavy atom. The van der Waals surface area contributed by atoms with E-state index in [1.54, 1.807) is 13.2 Å². The highest BCUT2D eigenvalue weighted by molar-refractivity contribution is 6.30. The fraction of sp³-hybridized carbons (Fsp3) is 0.500. The first-order chi connectivity index (χ1) is 7.54. The molecule has 1 atom stereocenters. The SMILES string of the molecule is COc1ccc(Cl)cc1CC(C)(CN)CO. The van der Waals surface area contributed by atoms with Crippen LogP contribution in [0.4, 0.5) is 0 Å². The second-order valence-electron chi connectivity index (χ2n) is 4.31. The first-order valence-corrected chi connectivity index (χ1v) is 5.56. The molecular weight excluding hydrogens is 226 g/mol. The molecule has 90 valence electrons. The summed E-state index contributed by atoms with van der Waals surface area (Å²) in [4.78, 5) is 0. The van der Waals surface area contributed by atoms with Gasteiger partial charge in [0.05, 0.1) is 7.11 Å². The fourth-order valence-electron chi connectivity index (χ4n) is 1.54. The number of hydrogen-bond donors (Lipinski definition) is 2. The molecule has 0 aliphatic carbocycles. The standard InChI is InChI=1S/C12H18ClNO2/c1-12(7-14,8-15)6-9-5-10(13)3-4-11(9)16-2/h3-5,15H,6-8,14H2,1-2H3. The van der Waals surface area contributed by atoms with Crippen LogP contribution >= 0.6 is 11.6 Å². The predicted molar refractivity (Wildman–Crippen MR) is 66.0 cm³/mol. The molecule has 0 heterocycles. The summed E-state index contributed by atoms with van der Waals surface area (Å²) < 4.78 is 5.25. The lowest BCUT2D eigenvalue weighted by molar-refractivity contribution is 0.148. The van der Waals surface area contributed by atoms with Gasteiger partial charge in [0.2, 0.25) is 0 Å². The van der Waals surface area contributed by atoms with E-state index in [1.165, 1.54) is 0 Å². The van der Waals surface area contributed by atoms with Gasteiger partial charge in [0.15, 0.2) is 0 Å². The average Bonchev–Trinajstić information content (AvgIpc) is 2.29. The molecule has 16 heavy (non-hydrogen) atoms. The van der Waals surface area contributed by atoms with Crippen molar-refractivity contribution >= 4 is 11.6 Å². The molecule has 0 spiro atoms. The van der Waals surface area contributed by atoms with Crippen LogP contribution in [0, 0.1) is 5.41 Å². The maximum Gasteiger partial charge on any atom is 0.122 e. The number of ether oxygens (including phenoxy) is 1. The van der Waals surface area contributed by atoms with Crippen molar-refractivity contribution in [3.05, 3.63) is 28.8 Å². The van der Waals surface area contributed by atoms with Crippen LogP contribution in [0.2, 0.25) is 5.02 Å². The maximum absolute atomic E-state index is 9.33. The van der Waals surface area contributed by atoms with Crippen LogP contribution in [0.5, 0.6) is 5.75 Å². The van der Waals surface area contributed by atoms with Crippen molar-refractivity contribution in [2.75, 3.05) is 20.3 Å². The highest BCUT2D eigenvalue weighted by atomic mass is 35.5. The molecule has 0 bridgehead atoms. The number of hydrogen-bond acceptors (Lipinski definition) is 3. The molecule has 1 rings (SSSR count). The van der Waals surface area contributed by atoms with Crippen molar-refractivity contribution in [3.63, 3.8) is 0 Å². The summed E-state index contributed by atoms with van der Waals surface area (Å²) >= 11 is 5.94. The molecule has 3 nitrogen and oxygen atoms in total. The monoisotopic (exact) mass is 243 g/mol. The Morgan fingerprint density at radius 1 is 1.50 bits per heavy atom. The number of halogens is 1. The Balaban J connectivity index is 2.98. The summed E-state index contributed by atoms with van der Waals surface area (Å²) in [6.45, 7) is 2.39. The average molecular weight is 244 g/mol. The van der Waals surface area contributed by atoms with Crippen molar-refractivity contribution in [2.45, 2.75) is 13.3 Å². The molecule has 3 N–H and O–H groups in total. The molecule has 0 saturated heterocycles. The van der Waals surface area contributed by atoms with E-state index in [9.17, 15) is 5.11 Å². The first kappa shape index (κ1) is 13.3. The second kappa shape index (κ2) is 5.53. The minimum Gasteiger partial charge on any atom is -0.496 e. The Labute approximate surface area is 101 Å². The Morgan fingerprint density at radius 3 is 2.69 bits per heavy atom. The summed E-state index contributed by atoms with van der Waals surface area (Å²) in [5, 5.41) is 9.99. The van der Waals surface area contributed by atoms with Crippen molar-refractivity contribution in [2.24, 2.45) is 11.1 Å². The van der Waals surface area contributed by atoms with Gasteiger partial charge in [-0.1, -0.05) is 18.5 Å². The zero-order chi connectivity index (χ0) is 12.2. The summed E-state index contributed by atoms with van der Waals surface area (Å²) in [7, 11) is 1.62. The fourth-order valence-corrected chi connectivity index (χ4v) is 1.73. The zero-order valence-corrected chi connectivity index (χ0v) is 10.4. The lowest BCUT2D eigenvalue weighted by Gasteiger charge is -2.26. The molecule has 1 unspecified atom stereocenters. The van der Waals surface area contributed by atoms with E-state index in [0.29, 0.717) is 18.0 Å². The first-order valence-electron chi connectivity index (χ1n) is 5.18. The summed E-state index contributed by atoms with van der Waals surface area (Å²) in [6, 6.07) is 5.46. The molecule has 0 fully saturated rings.